The van der Waals surface area contributed by atoms with Crippen LogP contribution < -0.4 is 0 Å². The van der Waals surface area contributed by atoms with Gasteiger partial charge in [0, 0.05) is 6.42 Å². The van der Waals surface area contributed by atoms with Crippen molar-refractivity contribution in [2.24, 2.45) is 0 Å². The molecule has 2 fully saturated rings. The van der Waals surface area contributed by atoms with Crippen molar-refractivity contribution >= 4 is 28.7 Å². The van der Waals surface area contributed by atoms with Crippen LogP contribution >= 0.6 is 11.6 Å². The topological polar surface area (TPSA) is 63.7 Å². The van der Waals surface area contributed by atoms with Crippen molar-refractivity contribution in [2.75, 3.05) is 0 Å². The number of carbonyl (C=O) groups is 3. The van der Waals surface area contributed by atoms with Crippen molar-refractivity contribution in [2.45, 2.75) is 37.5 Å². The molecule has 2 aliphatic rings. The summed E-state index contributed by atoms with van der Waals surface area (Å²) in [5.74, 6) is -0.119. The van der Waals surface area contributed by atoms with Gasteiger partial charge >= 0.3 is 6.09 Å². The van der Waals surface area contributed by atoms with Gasteiger partial charge in [0.05, 0.1) is 6.04 Å². The summed E-state index contributed by atoms with van der Waals surface area (Å²) in [5, 5.41) is -0.660. The molecule has 0 unspecified atom stereocenters. The second kappa shape index (κ2) is 5.15. The predicted octanol–water partition coefficient (Wildman–Crippen LogP) is 2.26. The van der Waals surface area contributed by atoms with Gasteiger partial charge in [-0.15, -0.1) is 0 Å². The standard InChI is InChI=1S/C15H14ClNO4/c16-13(19)15-7-6-11(12(18)8-15)17(15)14(20)21-9-10-4-2-1-3-5-10/h1-5,11H,6-9H2/t11-,15+/m1/s1. The fourth-order valence-electron chi connectivity index (χ4n) is 3.16. The molecule has 0 spiro atoms. The van der Waals surface area contributed by atoms with Crippen LogP contribution in [0.3, 0.4) is 0 Å². The first-order valence-corrected chi connectivity index (χ1v) is 7.15. The number of hydrogen-bond acceptors (Lipinski definition) is 4. The van der Waals surface area contributed by atoms with Gasteiger partial charge in [-0.1, -0.05) is 30.3 Å². The fourth-order valence-corrected chi connectivity index (χ4v) is 3.41. The van der Waals surface area contributed by atoms with Gasteiger partial charge in [0.2, 0.25) is 5.24 Å². The lowest BCUT2D eigenvalue weighted by Gasteiger charge is -2.29. The first-order valence-electron chi connectivity index (χ1n) is 6.77. The molecule has 2 heterocycles. The van der Waals surface area contributed by atoms with Crippen LogP contribution in [-0.4, -0.2) is 33.6 Å². The van der Waals surface area contributed by atoms with E-state index in [9.17, 15) is 14.4 Å². The highest BCUT2D eigenvalue weighted by molar-refractivity contribution is 6.66. The van der Waals surface area contributed by atoms with Gasteiger partial charge in [0.15, 0.2) is 5.78 Å². The monoisotopic (exact) mass is 307 g/mol. The highest BCUT2D eigenvalue weighted by Crippen LogP contribution is 2.46. The van der Waals surface area contributed by atoms with Gasteiger partial charge in [-0.3, -0.25) is 14.5 Å². The summed E-state index contributed by atoms with van der Waals surface area (Å²) in [6.07, 6.45) is 0.242. The lowest BCUT2D eigenvalue weighted by molar-refractivity contribution is -0.123. The molecule has 1 aromatic carbocycles. The molecule has 5 nitrogen and oxygen atoms in total. The molecule has 6 heteroatoms. The van der Waals surface area contributed by atoms with Crippen molar-refractivity contribution in [1.29, 1.82) is 0 Å². The minimum absolute atomic E-state index is 0.000434. The molecule has 0 aromatic heterocycles. The van der Waals surface area contributed by atoms with Crippen LogP contribution in [0.5, 0.6) is 0 Å². The molecule has 21 heavy (non-hydrogen) atoms. The van der Waals surface area contributed by atoms with Crippen LogP contribution in [0.25, 0.3) is 0 Å². The number of rotatable bonds is 3. The minimum atomic E-state index is -1.20. The molecule has 0 saturated carbocycles. The Morgan fingerprint density at radius 2 is 2.05 bits per heavy atom. The molecule has 110 valence electrons. The SMILES string of the molecule is O=C1C[C@]2(C(=O)Cl)CC[C@H]1N2C(=O)OCc1ccccc1. The molecule has 0 N–H and O–H groups in total. The van der Waals surface area contributed by atoms with E-state index in [0.29, 0.717) is 12.8 Å². The van der Waals surface area contributed by atoms with E-state index in [2.05, 4.69) is 0 Å². The van der Waals surface area contributed by atoms with E-state index in [1.165, 1.54) is 4.90 Å². The zero-order valence-corrected chi connectivity index (χ0v) is 12.0. The van der Waals surface area contributed by atoms with E-state index in [0.717, 1.165) is 5.56 Å². The van der Waals surface area contributed by atoms with E-state index in [1.807, 2.05) is 30.3 Å². The first kappa shape index (κ1) is 14.1. The third kappa shape index (κ3) is 2.21. The third-order valence-corrected chi connectivity index (χ3v) is 4.56. The molecule has 1 aromatic rings. The van der Waals surface area contributed by atoms with Crippen molar-refractivity contribution < 1.29 is 19.1 Å². The third-order valence-electron chi connectivity index (χ3n) is 4.21. The average molecular weight is 308 g/mol. The van der Waals surface area contributed by atoms with Crippen molar-refractivity contribution in [3.05, 3.63) is 35.9 Å². The Morgan fingerprint density at radius 3 is 2.67 bits per heavy atom. The Morgan fingerprint density at radius 1 is 1.33 bits per heavy atom. The van der Waals surface area contributed by atoms with Crippen LogP contribution in [0.4, 0.5) is 4.79 Å². The summed E-state index contributed by atoms with van der Waals surface area (Å²) in [4.78, 5) is 37.1. The summed E-state index contributed by atoms with van der Waals surface area (Å²) in [7, 11) is 0. The second-order valence-corrected chi connectivity index (χ2v) is 5.76. The van der Waals surface area contributed by atoms with E-state index in [4.69, 9.17) is 16.3 Å². The number of carbonyl (C=O) groups excluding carboxylic acids is 3. The van der Waals surface area contributed by atoms with Crippen molar-refractivity contribution in [1.82, 2.24) is 4.90 Å². The van der Waals surface area contributed by atoms with Crippen LogP contribution in [0.15, 0.2) is 30.3 Å². The second-order valence-electron chi connectivity index (χ2n) is 5.41. The molecule has 2 atom stereocenters. The normalized spacial score (nSPS) is 27.0. The molecule has 3 rings (SSSR count). The Hall–Kier alpha value is -1.88. The zero-order valence-electron chi connectivity index (χ0n) is 11.3. The molecule has 2 aliphatic heterocycles. The lowest BCUT2D eigenvalue weighted by Crippen LogP contribution is -2.49. The van der Waals surface area contributed by atoms with Gasteiger partial charge < -0.3 is 4.74 Å². The maximum absolute atomic E-state index is 12.3. The molecule has 0 aliphatic carbocycles. The van der Waals surface area contributed by atoms with E-state index in [-0.39, 0.29) is 18.8 Å². The van der Waals surface area contributed by atoms with E-state index in [1.54, 1.807) is 0 Å². The Bertz CT molecular complexity index is 603. The number of benzene rings is 1. The summed E-state index contributed by atoms with van der Waals surface area (Å²) in [6.45, 7) is 0.101. The predicted molar refractivity (Wildman–Crippen MR) is 74.7 cm³/mol. The highest BCUT2D eigenvalue weighted by atomic mass is 35.5. The molecule has 2 saturated heterocycles. The number of Topliss-reactive ketones (excluding diaryl/α,β-unsaturated/α-hetero) is 1. The van der Waals surface area contributed by atoms with Crippen LogP contribution in [-0.2, 0) is 20.9 Å². The summed E-state index contributed by atoms with van der Waals surface area (Å²) in [6, 6.07) is 8.65. The first-order chi connectivity index (χ1) is 10.0. The van der Waals surface area contributed by atoms with Gasteiger partial charge in [-0.2, -0.15) is 0 Å². The summed E-state index contributed by atoms with van der Waals surface area (Å²) < 4.78 is 5.24. The average Bonchev–Trinajstić information content (AvgIpc) is 2.99. The highest BCUT2D eigenvalue weighted by Gasteiger charge is 2.62. The van der Waals surface area contributed by atoms with Gasteiger partial charge in [0.1, 0.15) is 12.1 Å². The van der Waals surface area contributed by atoms with Crippen molar-refractivity contribution in [3.8, 4) is 0 Å². The quantitative estimate of drug-likeness (QED) is 0.804. The largest absolute Gasteiger partial charge is 0.445 e. The minimum Gasteiger partial charge on any atom is -0.445 e. The smallest absolute Gasteiger partial charge is 0.411 e. The Balaban J connectivity index is 1.75. The maximum Gasteiger partial charge on any atom is 0.411 e. The molecule has 1 amide bonds. The maximum atomic E-state index is 12.3. The number of ether oxygens (including phenoxy) is 1. The molecular formula is C15H14ClNO4. The van der Waals surface area contributed by atoms with Crippen molar-refractivity contribution in [3.63, 3.8) is 0 Å². The Kier molecular flexibility index (Phi) is 3.45. The summed E-state index contributed by atoms with van der Waals surface area (Å²) in [5.41, 5.74) is -0.355. The van der Waals surface area contributed by atoms with Gasteiger partial charge in [-0.25, -0.2) is 4.79 Å². The number of fused-ring (bicyclic) bond motifs is 2. The number of halogens is 1. The van der Waals surface area contributed by atoms with E-state index < -0.39 is 22.9 Å². The number of nitrogens with zero attached hydrogens (tertiary/aromatic N) is 1. The fraction of sp³-hybridized carbons (Fsp3) is 0.400. The van der Waals surface area contributed by atoms with Crippen LogP contribution in [0, 0.1) is 0 Å². The molecular weight excluding hydrogens is 294 g/mol. The van der Waals surface area contributed by atoms with Crippen LogP contribution in [0.1, 0.15) is 24.8 Å². The van der Waals surface area contributed by atoms with Gasteiger partial charge in [-0.05, 0) is 30.0 Å². The molecule has 0 radical (unpaired) electrons. The van der Waals surface area contributed by atoms with Gasteiger partial charge in [0.25, 0.3) is 0 Å². The number of ketones is 1. The summed E-state index contributed by atoms with van der Waals surface area (Å²) >= 11 is 5.65. The number of amides is 1. The zero-order chi connectivity index (χ0) is 15.0. The lowest BCUT2D eigenvalue weighted by atomic mass is 9.88. The number of hydrogen-bond donors (Lipinski definition) is 0. The van der Waals surface area contributed by atoms with Crippen LogP contribution in [0.2, 0.25) is 0 Å². The molecule has 2 bridgehead atoms. The van der Waals surface area contributed by atoms with E-state index >= 15 is 0 Å². The Labute approximate surface area is 126 Å².